The lowest BCUT2D eigenvalue weighted by atomic mass is 9.44. The van der Waals surface area contributed by atoms with Crippen molar-refractivity contribution in [2.45, 2.75) is 77.2 Å². The molecule has 0 bridgehead atoms. The Morgan fingerprint density at radius 1 is 1.04 bits per heavy atom. The fourth-order valence-corrected chi connectivity index (χ4v) is 7.45. The first-order valence-electron chi connectivity index (χ1n) is 9.84. The van der Waals surface area contributed by atoms with Crippen LogP contribution >= 0.6 is 0 Å². The predicted molar refractivity (Wildman–Crippen MR) is 92.9 cm³/mol. The zero-order valence-corrected chi connectivity index (χ0v) is 15.0. The number of aliphatic hydroxyl groups excluding tert-OH is 1. The lowest BCUT2D eigenvalue weighted by molar-refractivity contribution is -0.164. The first-order valence-corrected chi connectivity index (χ1v) is 9.84. The zero-order valence-electron chi connectivity index (χ0n) is 15.0. The van der Waals surface area contributed by atoms with E-state index in [0.717, 1.165) is 31.1 Å². The Morgan fingerprint density at radius 3 is 2.57 bits per heavy atom. The van der Waals surface area contributed by atoms with E-state index in [9.17, 15) is 10.2 Å². The molecule has 0 heterocycles. The molecule has 0 saturated heterocycles. The van der Waals surface area contributed by atoms with Gasteiger partial charge in [0.25, 0.3) is 0 Å². The number of hydrogen-bond acceptors (Lipinski definition) is 2. The van der Waals surface area contributed by atoms with Crippen LogP contribution in [0, 0.1) is 34.5 Å². The molecular weight excluding hydrogens is 284 g/mol. The van der Waals surface area contributed by atoms with Gasteiger partial charge in [-0.2, -0.15) is 0 Å². The van der Waals surface area contributed by atoms with Crippen LogP contribution in [0.1, 0.15) is 71.6 Å². The third-order valence-corrected chi connectivity index (χ3v) is 8.90. The summed E-state index contributed by atoms with van der Waals surface area (Å²) in [6.07, 6.45) is 10.4. The summed E-state index contributed by atoms with van der Waals surface area (Å²) >= 11 is 0. The van der Waals surface area contributed by atoms with Gasteiger partial charge in [0, 0.05) is 6.61 Å². The van der Waals surface area contributed by atoms with E-state index in [4.69, 9.17) is 0 Å². The van der Waals surface area contributed by atoms with Crippen LogP contribution in [0.5, 0.6) is 0 Å². The SMILES string of the molecule is C=C1CC[C@H]2[C@@H]3CC[C@@H]4C[C@](C)(O)CC[C@]4(CO)[C@H]3CC[C@]12C. The summed E-state index contributed by atoms with van der Waals surface area (Å²) in [5, 5.41) is 21.0. The predicted octanol–water partition coefficient (Wildman–Crippen LogP) is 4.31. The van der Waals surface area contributed by atoms with Crippen molar-refractivity contribution in [2.75, 3.05) is 6.61 Å². The molecule has 4 saturated carbocycles. The Labute approximate surface area is 141 Å². The van der Waals surface area contributed by atoms with Crippen molar-refractivity contribution in [3.05, 3.63) is 12.2 Å². The highest BCUT2D eigenvalue weighted by Gasteiger charge is 2.61. The Morgan fingerprint density at radius 2 is 1.83 bits per heavy atom. The third kappa shape index (κ3) is 2.13. The average Bonchev–Trinajstić information content (AvgIpc) is 2.82. The van der Waals surface area contributed by atoms with Gasteiger partial charge in [-0.1, -0.05) is 19.1 Å². The second-order valence-electron chi connectivity index (χ2n) is 9.84. The summed E-state index contributed by atoms with van der Waals surface area (Å²) in [6.45, 7) is 9.20. The van der Waals surface area contributed by atoms with E-state index in [0.29, 0.717) is 23.9 Å². The fourth-order valence-electron chi connectivity index (χ4n) is 7.45. The molecular formula is C21H34O2. The molecule has 0 unspecified atom stereocenters. The summed E-state index contributed by atoms with van der Waals surface area (Å²) in [7, 11) is 0. The Kier molecular flexibility index (Phi) is 3.57. The van der Waals surface area contributed by atoms with Crippen molar-refractivity contribution in [1.82, 2.24) is 0 Å². The molecule has 0 amide bonds. The maximum Gasteiger partial charge on any atom is 0.0622 e. The van der Waals surface area contributed by atoms with Crippen molar-refractivity contribution in [3.8, 4) is 0 Å². The van der Waals surface area contributed by atoms with Gasteiger partial charge in [-0.25, -0.2) is 0 Å². The molecule has 4 aliphatic rings. The third-order valence-electron chi connectivity index (χ3n) is 8.90. The summed E-state index contributed by atoms with van der Waals surface area (Å²) in [6, 6.07) is 0. The van der Waals surface area contributed by atoms with Gasteiger partial charge in [-0.3, -0.25) is 0 Å². The molecule has 2 N–H and O–H groups in total. The maximum atomic E-state index is 10.6. The van der Waals surface area contributed by atoms with Crippen LogP contribution in [0.2, 0.25) is 0 Å². The average molecular weight is 319 g/mol. The molecule has 2 heteroatoms. The van der Waals surface area contributed by atoms with E-state index < -0.39 is 5.60 Å². The van der Waals surface area contributed by atoms with Crippen LogP contribution < -0.4 is 0 Å². The zero-order chi connectivity index (χ0) is 16.5. The standard InChI is InChI=1S/C21H34O2/c1-14-4-7-17-16-6-5-15-12-19(2,23)10-11-21(15,13-22)18(16)8-9-20(14,17)3/h15-18,22-23H,1,4-13H2,2-3H3/t15-,16+,17+,18+,19-,20-,21-/m1/s1. The molecule has 4 fully saturated rings. The molecule has 4 aliphatic carbocycles. The van der Waals surface area contributed by atoms with Crippen LogP contribution in [-0.2, 0) is 0 Å². The van der Waals surface area contributed by atoms with Crippen molar-refractivity contribution in [1.29, 1.82) is 0 Å². The van der Waals surface area contributed by atoms with Crippen LogP contribution in [-0.4, -0.2) is 22.4 Å². The van der Waals surface area contributed by atoms with Gasteiger partial charge in [-0.15, -0.1) is 0 Å². The van der Waals surface area contributed by atoms with E-state index in [1.807, 2.05) is 6.92 Å². The number of fused-ring (bicyclic) bond motifs is 5. The molecule has 0 aliphatic heterocycles. The minimum absolute atomic E-state index is 0.0937. The van der Waals surface area contributed by atoms with Gasteiger partial charge in [0.2, 0.25) is 0 Å². The number of rotatable bonds is 1. The van der Waals surface area contributed by atoms with E-state index in [2.05, 4.69) is 13.5 Å². The van der Waals surface area contributed by atoms with Crippen LogP contribution in [0.3, 0.4) is 0 Å². The number of allylic oxidation sites excluding steroid dienone is 1. The second kappa shape index (κ2) is 5.08. The van der Waals surface area contributed by atoms with Crippen molar-refractivity contribution >= 4 is 0 Å². The van der Waals surface area contributed by atoms with Gasteiger partial charge in [0.1, 0.15) is 0 Å². The molecule has 4 rings (SSSR count). The monoisotopic (exact) mass is 318 g/mol. The minimum Gasteiger partial charge on any atom is -0.396 e. The van der Waals surface area contributed by atoms with E-state index in [1.165, 1.54) is 44.1 Å². The Hall–Kier alpha value is -0.340. The summed E-state index contributed by atoms with van der Waals surface area (Å²) in [4.78, 5) is 0. The largest absolute Gasteiger partial charge is 0.396 e. The smallest absolute Gasteiger partial charge is 0.0622 e. The quantitative estimate of drug-likeness (QED) is 0.707. The molecule has 0 aromatic rings. The van der Waals surface area contributed by atoms with Gasteiger partial charge >= 0.3 is 0 Å². The van der Waals surface area contributed by atoms with Crippen molar-refractivity contribution in [3.63, 3.8) is 0 Å². The van der Waals surface area contributed by atoms with Crippen molar-refractivity contribution in [2.24, 2.45) is 34.5 Å². The van der Waals surface area contributed by atoms with E-state index in [-0.39, 0.29) is 5.41 Å². The van der Waals surface area contributed by atoms with E-state index >= 15 is 0 Å². The van der Waals surface area contributed by atoms with Gasteiger partial charge in [-0.05, 0) is 99.2 Å². The highest BCUT2D eigenvalue weighted by atomic mass is 16.3. The molecule has 130 valence electrons. The molecule has 0 aromatic heterocycles. The fraction of sp³-hybridized carbons (Fsp3) is 0.905. The van der Waals surface area contributed by atoms with Crippen LogP contribution in [0.25, 0.3) is 0 Å². The summed E-state index contributed by atoms with van der Waals surface area (Å²) in [5.41, 5.74) is 1.44. The molecule has 7 atom stereocenters. The lowest BCUT2D eigenvalue weighted by Crippen LogP contribution is -2.57. The van der Waals surface area contributed by atoms with E-state index in [1.54, 1.807) is 0 Å². The Bertz CT molecular complexity index is 510. The van der Waals surface area contributed by atoms with Gasteiger partial charge < -0.3 is 10.2 Å². The first kappa shape index (κ1) is 16.1. The van der Waals surface area contributed by atoms with Crippen molar-refractivity contribution < 1.29 is 10.2 Å². The van der Waals surface area contributed by atoms with Gasteiger partial charge in [0.05, 0.1) is 5.60 Å². The molecule has 0 spiro atoms. The summed E-state index contributed by atoms with van der Waals surface area (Å²) in [5.74, 6) is 2.76. The number of aliphatic hydroxyl groups is 2. The molecule has 2 nitrogen and oxygen atoms in total. The lowest BCUT2D eigenvalue weighted by Gasteiger charge is -2.62. The molecule has 0 radical (unpaired) electrons. The maximum absolute atomic E-state index is 10.6. The minimum atomic E-state index is -0.513. The highest BCUT2D eigenvalue weighted by Crippen LogP contribution is 2.67. The highest BCUT2D eigenvalue weighted by molar-refractivity contribution is 5.21. The van der Waals surface area contributed by atoms with Gasteiger partial charge in [0.15, 0.2) is 0 Å². The topological polar surface area (TPSA) is 40.5 Å². The first-order chi connectivity index (χ1) is 10.8. The van der Waals surface area contributed by atoms with Crippen LogP contribution in [0.4, 0.5) is 0 Å². The normalized spacial score (nSPS) is 55.9. The Balaban J connectivity index is 1.66. The summed E-state index contributed by atoms with van der Waals surface area (Å²) < 4.78 is 0. The molecule has 23 heavy (non-hydrogen) atoms. The second-order valence-corrected chi connectivity index (χ2v) is 9.84. The number of hydrogen-bond donors (Lipinski definition) is 2. The molecule has 0 aromatic carbocycles. The van der Waals surface area contributed by atoms with Crippen LogP contribution in [0.15, 0.2) is 12.2 Å².